The summed E-state index contributed by atoms with van der Waals surface area (Å²) in [5.74, 6) is -0.470. The number of nitrogens with zero attached hydrogens (tertiary/aromatic N) is 1. The summed E-state index contributed by atoms with van der Waals surface area (Å²) in [6.45, 7) is 7.55. The molecule has 0 aromatic heterocycles. The maximum atomic E-state index is 12.2. The summed E-state index contributed by atoms with van der Waals surface area (Å²) in [5.41, 5.74) is 0. The molecular weight excluding hydrogens is 370 g/mol. The van der Waals surface area contributed by atoms with Crippen LogP contribution in [0.1, 0.15) is 27.7 Å². The smallest absolute Gasteiger partial charge is 0.316 e. The molecule has 0 saturated carbocycles. The van der Waals surface area contributed by atoms with Gasteiger partial charge >= 0.3 is 5.97 Å². The first-order valence-electron chi connectivity index (χ1n) is 8.58. The lowest BCUT2D eigenvalue weighted by Gasteiger charge is -2.30. The molecule has 2 aromatic carbocycles. The molecule has 26 heavy (non-hydrogen) atoms. The van der Waals surface area contributed by atoms with Gasteiger partial charge in [-0.15, -0.1) is 11.8 Å². The number of thioether (sulfide) groups is 1. The Bertz CT molecular complexity index is 778. The normalized spacial score (nSPS) is 11.2. The van der Waals surface area contributed by atoms with Crippen LogP contribution in [-0.2, 0) is 14.3 Å². The molecule has 0 unspecified atom stereocenters. The Kier molecular flexibility index (Phi) is 7.35. The van der Waals surface area contributed by atoms with Gasteiger partial charge in [-0.2, -0.15) is 0 Å². The lowest BCUT2D eigenvalue weighted by atomic mass is 10.1. The van der Waals surface area contributed by atoms with Crippen LogP contribution in [0.2, 0.25) is 5.02 Å². The fourth-order valence-corrected chi connectivity index (χ4v) is 4.19. The molecular formula is C20H24ClNO3S. The zero-order valence-electron chi connectivity index (χ0n) is 15.5. The number of hydrogen-bond acceptors (Lipinski definition) is 4. The molecule has 4 nitrogen and oxygen atoms in total. The van der Waals surface area contributed by atoms with Gasteiger partial charge in [-0.25, -0.2) is 0 Å². The predicted molar refractivity (Wildman–Crippen MR) is 108 cm³/mol. The summed E-state index contributed by atoms with van der Waals surface area (Å²) >= 11 is 7.66. The van der Waals surface area contributed by atoms with Crippen LogP contribution in [0, 0.1) is 0 Å². The number of rotatable bonds is 7. The highest BCUT2D eigenvalue weighted by atomic mass is 35.5. The first-order valence-corrected chi connectivity index (χ1v) is 9.94. The molecule has 0 aliphatic carbocycles. The maximum Gasteiger partial charge on any atom is 0.316 e. The Morgan fingerprint density at radius 1 is 1.08 bits per heavy atom. The Labute approximate surface area is 163 Å². The standard InChI is InChI=1S/C20H24ClNO3S/c1-13(2)22(14(3)4)18(23)11-25-19(24)12-26-17-10-6-8-15-7-5-9-16(21)20(15)17/h5-10,13-14H,11-12H2,1-4H3. The SMILES string of the molecule is CC(C)N(C(=O)COC(=O)CSc1cccc2cccc(Cl)c12)C(C)C. The van der Waals surface area contributed by atoms with Gasteiger partial charge in [0.1, 0.15) is 0 Å². The predicted octanol–water partition coefficient (Wildman–Crippen LogP) is 4.77. The van der Waals surface area contributed by atoms with Crippen LogP contribution in [0.25, 0.3) is 10.8 Å². The number of fused-ring (bicyclic) bond motifs is 1. The van der Waals surface area contributed by atoms with Crippen molar-refractivity contribution < 1.29 is 14.3 Å². The molecule has 140 valence electrons. The lowest BCUT2D eigenvalue weighted by Crippen LogP contribution is -2.44. The van der Waals surface area contributed by atoms with Crippen molar-refractivity contribution in [2.45, 2.75) is 44.7 Å². The van der Waals surface area contributed by atoms with Gasteiger partial charge in [0.15, 0.2) is 6.61 Å². The van der Waals surface area contributed by atoms with Gasteiger partial charge in [0, 0.05) is 27.4 Å². The second kappa shape index (κ2) is 9.28. The van der Waals surface area contributed by atoms with Gasteiger partial charge in [0.2, 0.25) is 0 Å². The zero-order chi connectivity index (χ0) is 19.3. The Balaban J connectivity index is 1.95. The molecule has 0 spiro atoms. The van der Waals surface area contributed by atoms with E-state index >= 15 is 0 Å². The summed E-state index contributed by atoms with van der Waals surface area (Å²) in [6.07, 6.45) is 0. The molecule has 0 aliphatic heterocycles. The van der Waals surface area contributed by atoms with Crippen molar-refractivity contribution in [3.05, 3.63) is 41.4 Å². The summed E-state index contributed by atoms with van der Waals surface area (Å²) in [5, 5.41) is 2.60. The van der Waals surface area contributed by atoms with Gasteiger partial charge in [-0.1, -0.05) is 35.9 Å². The van der Waals surface area contributed by atoms with E-state index in [-0.39, 0.29) is 30.4 Å². The summed E-state index contributed by atoms with van der Waals surface area (Å²) < 4.78 is 5.17. The number of benzene rings is 2. The van der Waals surface area contributed by atoms with Crippen LogP contribution in [0.5, 0.6) is 0 Å². The molecule has 2 rings (SSSR count). The molecule has 2 aromatic rings. The average Bonchev–Trinajstić information content (AvgIpc) is 2.57. The van der Waals surface area contributed by atoms with Crippen molar-refractivity contribution in [3.63, 3.8) is 0 Å². The third-order valence-electron chi connectivity index (χ3n) is 3.92. The first-order chi connectivity index (χ1) is 12.3. The minimum Gasteiger partial charge on any atom is -0.455 e. The molecule has 0 heterocycles. The molecule has 0 atom stereocenters. The Morgan fingerprint density at radius 2 is 1.69 bits per heavy atom. The molecule has 0 fully saturated rings. The second-order valence-corrected chi connectivity index (χ2v) is 7.96. The van der Waals surface area contributed by atoms with Crippen molar-refractivity contribution in [1.82, 2.24) is 4.90 Å². The minimum absolute atomic E-state index is 0.0633. The van der Waals surface area contributed by atoms with Gasteiger partial charge in [-0.05, 0) is 45.2 Å². The largest absolute Gasteiger partial charge is 0.455 e. The number of esters is 1. The van der Waals surface area contributed by atoms with Crippen molar-refractivity contribution in [3.8, 4) is 0 Å². The third-order valence-corrected chi connectivity index (χ3v) is 5.26. The fourth-order valence-electron chi connectivity index (χ4n) is 2.95. The highest BCUT2D eigenvalue weighted by molar-refractivity contribution is 8.00. The van der Waals surface area contributed by atoms with Crippen LogP contribution >= 0.6 is 23.4 Å². The average molecular weight is 394 g/mol. The highest BCUT2D eigenvalue weighted by Gasteiger charge is 2.21. The molecule has 0 bridgehead atoms. The van der Waals surface area contributed by atoms with Gasteiger partial charge < -0.3 is 9.64 Å². The Hall–Kier alpha value is -1.72. The van der Waals surface area contributed by atoms with E-state index in [2.05, 4.69) is 0 Å². The van der Waals surface area contributed by atoms with Crippen LogP contribution in [0.3, 0.4) is 0 Å². The summed E-state index contributed by atoms with van der Waals surface area (Å²) in [7, 11) is 0. The van der Waals surface area contributed by atoms with E-state index in [9.17, 15) is 9.59 Å². The van der Waals surface area contributed by atoms with Crippen LogP contribution in [-0.4, -0.2) is 41.2 Å². The number of carbonyl (C=O) groups is 2. The second-order valence-electron chi connectivity index (χ2n) is 6.53. The topological polar surface area (TPSA) is 46.6 Å². The lowest BCUT2D eigenvalue weighted by molar-refractivity contribution is -0.151. The van der Waals surface area contributed by atoms with Crippen LogP contribution in [0.4, 0.5) is 0 Å². The minimum atomic E-state index is -0.417. The quantitative estimate of drug-likeness (QED) is 0.502. The maximum absolute atomic E-state index is 12.2. The number of halogens is 1. The van der Waals surface area contributed by atoms with Crippen LogP contribution < -0.4 is 0 Å². The molecule has 0 radical (unpaired) electrons. The summed E-state index contributed by atoms with van der Waals surface area (Å²) in [6, 6.07) is 11.7. The highest BCUT2D eigenvalue weighted by Crippen LogP contribution is 2.33. The first kappa shape index (κ1) is 20.6. The van der Waals surface area contributed by atoms with Crippen molar-refractivity contribution >= 4 is 46.0 Å². The van der Waals surface area contributed by atoms with Crippen molar-refractivity contribution in [1.29, 1.82) is 0 Å². The molecule has 1 amide bonds. The van der Waals surface area contributed by atoms with E-state index in [4.69, 9.17) is 16.3 Å². The van der Waals surface area contributed by atoms with E-state index in [0.717, 1.165) is 15.7 Å². The molecule has 0 aliphatic rings. The van der Waals surface area contributed by atoms with Gasteiger partial charge in [0.05, 0.1) is 5.75 Å². The van der Waals surface area contributed by atoms with E-state index in [0.29, 0.717) is 5.02 Å². The molecule has 0 saturated heterocycles. The van der Waals surface area contributed by atoms with E-state index in [1.54, 1.807) is 4.90 Å². The number of amides is 1. The molecule has 0 N–H and O–H groups in total. The monoisotopic (exact) mass is 393 g/mol. The molecule has 6 heteroatoms. The fraction of sp³-hybridized carbons (Fsp3) is 0.400. The van der Waals surface area contributed by atoms with Crippen LogP contribution in [0.15, 0.2) is 41.3 Å². The van der Waals surface area contributed by atoms with Crippen molar-refractivity contribution in [2.24, 2.45) is 0 Å². The third kappa shape index (κ3) is 5.15. The zero-order valence-corrected chi connectivity index (χ0v) is 17.1. The number of carbonyl (C=O) groups excluding carboxylic acids is 2. The van der Waals surface area contributed by atoms with E-state index in [1.807, 2.05) is 64.1 Å². The van der Waals surface area contributed by atoms with E-state index in [1.165, 1.54) is 11.8 Å². The number of ether oxygens (including phenoxy) is 1. The Morgan fingerprint density at radius 3 is 2.31 bits per heavy atom. The van der Waals surface area contributed by atoms with Gasteiger partial charge in [-0.3, -0.25) is 9.59 Å². The van der Waals surface area contributed by atoms with E-state index < -0.39 is 5.97 Å². The van der Waals surface area contributed by atoms with Gasteiger partial charge in [0.25, 0.3) is 5.91 Å². The summed E-state index contributed by atoms with van der Waals surface area (Å²) in [4.78, 5) is 26.9. The number of hydrogen-bond donors (Lipinski definition) is 0. The van der Waals surface area contributed by atoms with Crippen molar-refractivity contribution in [2.75, 3.05) is 12.4 Å².